The highest BCUT2D eigenvalue weighted by atomic mass is 32.2. The van der Waals surface area contributed by atoms with Crippen LogP contribution in [0.5, 0.6) is 0 Å². The molecule has 0 nitrogen and oxygen atoms in total. The first-order valence-electron chi connectivity index (χ1n) is 24.9. The van der Waals surface area contributed by atoms with Crippen molar-refractivity contribution >= 4 is 65.6 Å². The van der Waals surface area contributed by atoms with Crippen molar-refractivity contribution in [1.29, 1.82) is 0 Å². The molecule has 10 rings (SSSR count). The molecule has 1 heterocycles. The number of rotatable bonds is 2. The molecule has 1 aliphatic rings. The number of hydrogen-bond donors (Lipinski definition) is 0. The first-order valence-corrected chi connectivity index (χ1v) is 13.7. The Morgan fingerprint density at radius 3 is 1.91 bits per heavy atom. The largest absolute Gasteiger partial charge is 0.0888 e. The molecule has 0 unspecified atom stereocenters. The van der Waals surface area contributed by atoms with Crippen molar-refractivity contribution in [3.63, 3.8) is 0 Å². The Morgan fingerprint density at radius 1 is 0.372 bits per heavy atom. The van der Waals surface area contributed by atoms with E-state index >= 15 is 0 Å². The fraction of sp³-hybridized carbons (Fsp3) is 0. The maximum atomic E-state index is 9.98. The van der Waals surface area contributed by atoms with E-state index in [0.29, 0.717) is 11.8 Å². The van der Waals surface area contributed by atoms with Crippen molar-refractivity contribution in [2.24, 2.45) is 0 Å². The summed E-state index contributed by atoms with van der Waals surface area (Å²) in [6.45, 7) is 0. The van der Waals surface area contributed by atoms with Crippen molar-refractivity contribution in [2.75, 3.05) is 0 Å². The highest BCUT2D eigenvalue weighted by Crippen LogP contribution is 2.50. The van der Waals surface area contributed by atoms with Gasteiger partial charge in [-0.2, -0.15) is 0 Å². The van der Waals surface area contributed by atoms with Crippen molar-refractivity contribution < 1.29 is 32.9 Å². The summed E-state index contributed by atoms with van der Waals surface area (Å²) in [6, 6.07) is -18.5. The Kier molecular flexibility index (Phi) is 2.08. The Balaban J connectivity index is 1.52. The molecule has 0 aromatic heterocycles. The van der Waals surface area contributed by atoms with Crippen LogP contribution in [0.25, 0.3) is 87.2 Å². The predicted octanol–water partition coefficient (Wildman–Crippen LogP) is 12.4. The molecule has 0 bridgehead atoms. The lowest BCUT2D eigenvalue weighted by Gasteiger charge is -2.22. The maximum absolute atomic E-state index is 9.98. The van der Waals surface area contributed by atoms with Crippen LogP contribution in [0.2, 0.25) is 0 Å². The fourth-order valence-electron chi connectivity index (χ4n) is 5.67. The molecule has 1 aliphatic heterocycles. The van der Waals surface area contributed by atoms with Gasteiger partial charge in [0, 0.05) is 15.2 Å². The molecule has 0 N–H and O–H groups in total. The van der Waals surface area contributed by atoms with Gasteiger partial charge in [0.2, 0.25) is 0 Å². The zero-order valence-electron chi connectivity index (χ0n) is 45.4. The van der Waals surface area contributed by atoms with E-state index in [1.54, 1.807) is 0 Å². The lowest BCUT2D eigenvalue weighted by molar-refractivity contribution is 1.40. The Hall–Kier alpha value is -5.11. The molecular formula is C42H24S. The van der Waals surface area contributed by atoms with Gasteiger partial charge in [0.25, 0.3) is 0 Å². The number of benzene rings is 9. The van der Waals surface area contributed by atoms with Gasteiger partial charge in [0.1, 0.15) is 0 Å². The maximum Gasteiger partial charge on any atom is 0.0636 e. The van der Waals surface area contributed by atoms with Crippen LogP contribution < -0.4 is 0 Å². The van der Waals surface area contributed by atoms with Crippen LogP contribution in [0.4, 0.5) is 0 Å². The van der Waals surface area contributed by atoms with Crippen LogP contribution >= 0.6 is 11.8 Å². The highest BCUT2D eigenvalue weighted by molar-refractivity contribution is 7.99. The SMILES string of the molecule is [2H]c1c([2H])c(-c2c(-c3c([2H])c([2H])c4c([2H])c([2H])c5c([2H])c([2H])c([2H])c6c([2H])c([2H])c3c4c56)c([2H])c([2H])c3c([2H])c([2H])c([2H])c([2H])c23)c([2H])c2c1Sc1c([2H])c([2H])c([2H])c3c([2H])c([2H])c([2H])c-2c13. The van der Waals surface area contributed by atoms with Crippen molar-refractivity contribution in [2.45, 2.75) is 9.79 Å². The Morgan fingerprint density at radius 2 is 1.02 bits per heavy atom. The van der Waals surface area contributed by atoms with Crippen molar-refractivity contribution in [1.82, 2.24) is 0 Å². The molecule has 9 aromatic carbocycles. The first kappa shape index (κ1) is 10.3. The van der Waals surface area contributed by atoms with Gasteiger partial charge in [-0.25, -0.2) is 0 Å². The van der Waals surface area contributed by atoms with Crippen LogP contribution in [0, 0.1) is 0 Å². The lowest BCUT2D eigenvalue weighted by Crippen LogP contribution is -1.95. The zero-order chi connectivity index (χ0) is 49.0. The summed E-state index contributed by atoms with van der Waals surface area (Å²) in [5.74, 6) is 0. The predicted molar refractivity (Wildman–Crippen MR) is 186 cm³/mol. The van der Waals surface area contributed by atoms with Crippen LogP contribution in [-0.2, 0) is 0 Å². The van der Waals surface area contributed by atoms with Crippen LogP contribution in [-0.4, -0.2) is 0 Å². The molecule has 0 spiro atoms. The van der Waals surface area contributed by atoms with Crippen LogP contribution in [0.15, 0.2) is 155 Å². The second kappa shape index (κ2) is 8.70. The van der Waals surface area contributed by atoms with Crippen LogP contribution in [0.3, 0.4) is 0 Å². The smallest absolute Gasteiger partial charge is 0.0636 e. The summed E-state index contributed by atoms with van der Waals surface area (Å²) in [5, 5.41) is -4.09. The summed E-state index contributed by atoms with van der Waals surface area (Å²) in [4.78, 5) is -0.351. The van der Waals surface area contributed by atoms with Gasteiger partial charge in [0.15, 0.2) is 0 Å². The normalized spacial score (nSPS) is 20.4. The van der Waals surface area contributed by atoms with E-state index in [-0.39, 0.29) is 42.5 Å². The number of hydrogen-bond acceptors (Lipinski definition) is 1. The molecule has 0 atom stereocenters. The van der Waals surface area contributed by atoms with Gasteiger partial charge < -0.3 is 0 Å². The van der Waals surface area contributed by atoms with Crippen LogP contribution in [0.1, 0.15) is 32.9 Å². The fourth-order valence-corrected chi connectivity index (χ4v) is 6.64. The Labute approximate surface area is 287 Å². The van der Waals surface area contributed by atoms with E-state index in [0.717, 1.165) is 0 Å². The van der Waals surface area contributed by atoms with Gasteiger partial charge in [-0.1, -0.05) is 139 Å². The van der Waals surface area contributed by atoms with E-state index in [1.807, 2.05) is 0 Å². The Bertz CT molecular complexity index is 3900. The third-order valence-electron chi connectivity index (χ3n) is 7.51. The monoisotopic (exact) mass is 584 g/mol. The molecule has 0 saturated carbocycles. The second-order valence-corrected chi connectivity index (χ2v) is 10.8. The third kappa shape index (κ3) is 3.29. The minimum Gasteiger partial charge on any atom is -0.0888 e. The molecular weight excluding hydrogens is 537 g/mol. The van der Waals surface area contributed by atoms with Crippen molar-refractivity contribution in [3.8, 4) is 33.4 Å². The summed E-state index contributed by atoms with van der Waals surface area (Å²) in [6.07, 6.45) is 0. The minimum atomic E-state index is -0.955. The van der Waals surface area contributed by atoms with Gasteiger partial charge in [-0.3, -0.25) is 0 Å². The average molecular weight is 585 g/mol. The third-order valence-corrected chi connectivity index (χ3v) is 8.53. The van der Waals surface area contributed by atoms with Gasteiger partial charge >= 0.3 is 0 Å². The molecule has 9 aromatic rings. The molecule has 0 aliphatic carbocycles. The molecule has 1 heteroatoms. The summed E-state index contributed by atoms with van der Waals surface area (Å²) in [7, 11) is 0. The molecule has 0 fully saturated rings. The minimum absolute atomic E-state index is 0.105. The van der Waals surface area contributed by atoms with E-state index < -0.39 is 200 Å². The standard InChI is InChI=1S/C42H24S/c1-2-11-31-25(6-1)16-21-34(32-20-17-29-15-14-27-7-3-8-28-18-22-35(32)42(29)39(27)28)40(31)30-19-23-37-36(24-30)33-12-4-9-26-10-5-13-38(43-37)41(26)33/h1-24H/i1D,2D,3D,4D,5D,6D,7D,8D,9D,10D,11D,12D,13D,14D,15D,16D,17D,18D,19D,20D,21D,22D,23D,24D. The summed E-state index contributed by atoms with van der Waals surface area (Å²) in [5.41, 5.74) is -3.47. The van der Waals surface area contributed by atoms with E-state index in [2.05, 4.69) is 0 Å². The lowest BCUT2D eigenvalue weighted by atomic mass is 9.85. The molecule has 0 radical (unpaired) electrons. The topological polar surface area (TPSA) is 0 Å². The zero-order valence-corrected chi connectivity index (χ0v) is 22.2. The molecule has 0 saturated heterocycles. The van der Waals surface area contributed by atoms with Gasteiger partial charge in [-0.15, -0.1) is 0 Å². The van der Waals surface area contributed by atoms with Crippen molar-refractivity contribution in [3.05, 3.63) is 145 Å². The first-order chi connectivity index (χ1) is 31.3. The van der Waals surface area contributed by atoms with Gasteiger partial charge in [-0.05, 0) is 100.0 Å². The van der Waals surface area contributed by atoms with E-state index in [9.17, 15) is 13.7 Å². The summed E-state index contributed by atoms with van der Waals surface area (Å²) >= 11 is 0.633. The quantitative estimate of drug-likeness (QED) is 0.182. The van der Waals surface area contributed by atoms with E-state index in [1.165, 1.54) is 0 Å². The number of fused-ring (bicyclic) bond motifs is 3. The average Bonchev–Trinajstić information content (AvgIpc) is 3.29. The summed E-state index contributed by atoms with van der Waals surface area (Å²) < 4.78 is 218. The van der Waals surface area contributed by atoms with Gasteiger partial charge in [0.05, 0.1) is 32.9 Å². The second-order valence-electron chi connectivity index (χ2n) is 9.76. The molecule has 198 valence electrons. The molecule has 0 amide bonds. The highest BCUT2D eigenvalue weighted by Gasteiger charge is 2.22. The van der Waals surface area contributed by atoms with E-state index in [4.69, 9.17) is 19.2 Å². The molecule has 43 heavy (non-hydrogen) atoms.